The van der Waals surface area contributed by atoms with Gasteiger partial charge < -0.3 is 9.80 Å². The van der Waals surface area contributed by atoms with Crippen molar-refractivity contribution in [1.82, 2.24) is 9.80 Å². The Hall–Kier alpha value is -0.220. The number of rotatable bonds is 0. The summed E-state index contributed by atoms with van der Waals surface area (Å²) in [5.41, 5.74) is 0. The number of likely N-dealkylation sites (N-methyl/N-ethyl adjacent to an activating group) is 1. The number of hydrogen-bond acceptors (Lipinski definition) is 3. The molecule has 1 fully saturated rings. The van der Waals surface area contributed by atoms with Gasteiger partial charge in [-0.2, -0.15) is 0 Å². The number of nitrogens with zero attached hydrogens (tertiary/aromatic N) is 2. The van der Waals surface area contributed by atoms with E-state index in [0.29, 0.717) is 5.17 Å². The van der Waals surface area contributed by atoms with Crippen LogP contribution in [0.2, 0.25) is 0 Å². The van der Waals surface area contributed by atoms with Crippen LogP contribution in [0.1, 0.15) is 0 Å². The van der Waals surface area contributed by atoms with E-state index in [1.807, 2.05) is 6.26 Å². The maximum absolute atomic E-state index is 7.57. The molecular formula is C7H15N3S. The van der Waals surface area contributed by atoms with Gasteiger partial charge in [0.1, 0.15) is 0 Å². The molecule has 0 bridgehead atoms. The highest BCUT2D eigenvalue weighted by molar-refractivity contribution is 8.13. The molecule has 64 valence electrons. The van der Waals surface area contributed by atoms with E-state index in [2.05, 4.69) is 16.8 Å². The van der Waals surface area contributed by atoms with Gasteiger partial charge in [0.15, 0.2) is 5.17 Å². The summed E-state index contributed by atoms with van der Waals surface area (Å²) in [5.74, 6) is 0. The first-order chi connectivity index (χ1) is 5.24. The Labute approximate surface area is 72.3 Å². The lowest BCUT2D eigenvalue weighted by Gasteiger charge is -2.33. The Morgan fingerprint density at radius 3 is 2.27 bits per heavy atom. The lowest BCUT2D eigenvalue weighted by molar-refractivity contribution is 0.217. The van der Waals surface area contributed by atoms with Crippen LogP contribution in [0.25, 0.3) is 0 Å². The standard InChI is InChI=1S/C7H15N3S/c1-9-3-5-10(6-4-9)7(8)11-2/h8H,3-6H2,1-2H3. The van der Waals surface area contributed by atoms with Crippen LogP contribution in [0, 0.1) is 5.41 Å². The van der Waals surface area contributed by atoms with E-state index in [9.17, 15) is 0 Å². The van der Waals surface area contributed by atoms with Crippen LogP contribution in [0.15, 0.2) is 0 Å². The molecule has 0 atom stereocenters. The van der Waals surface area contributed by atoms with Crippen molar-refractivity contribution in [2.75, 3.05) is 39.5 Å². The molecule has 1 N–H and O–H groups in total. The molecule has 0 radical (unpaired) electrons. The summed E-state index contributed by atoms with van der Waals surface area (Å²) >= 11 is 1.52. The fraction of sp³-hybridized carbons (Fsp3) is 0.857. The molecule has 0 aromatic carbocycles. The number of amidine groups is 1. The van der Waals surface area contributed by atoms with Gasteiger partial charge >= 0.3 is 0 Å². The Bertz CT molecular complexity index is 141. The topological polar surface area (TPSA) is 30.3 Å². The van der Waals surface area contributed by atoms with Gasteiger partial charge in [0.2, 0.25) is 0 Å². The SMILES string of the molecule is CSC(=N)N1CCN(C)CC1. The van der Waals surface area contributed by atoms with Gasteiger partial charge in [0, 0.05) is 26.2 Å². The highest BCUT2D eigenvalue weighted by Crippen LogP contribution is 2.06. The third-order valence-electron chi connectivity index (χ3n) is 1.98. The van der Waals surface area contributed by atoms with Crippen LogP contribution in [-0.2, 0) is 0 Å². The molecule has 3 nitrogen and oxygen atoms in total. The molecule has 4 heteroatoms. The smallest absolute Gasteiger partial charge is 0.156 e. The van der Waals surface area contributed by atoms with Gasteiger partial charge in [-0.15, -0.1) is 0 Å². The van der Waals surface area contributed by atoms with E-state index in [1.165, 1.54) is 11.8 Å². The molecule has 0 spiro atoms. The number of nitrogens with one attached hydrogen (secondary N) is 1. The van der Waals surface area contributed by atoms with E-state index in [1.54, 1.807) is 0 Å². The lowest BCUT2D eigenvalue weighted by atomic mass is 10.3. The summed E-state index contributed by atoms with van der Waals surface area (Å²) in [5, 5.41) is 8.27. The Morgan fingerprint density at radius 1 is 1.27 bits per heavy atom. The van der Waals surface area contributed by atoms with Crippen molar-refractivity contribution in [2.24, 2.45) is 0 Å². The van der Waals surface area contributed by atoms with Crippen LogP contribution < -0.4 is 0 Å². The van der Waals surface area contributed by atoms with E-state index >= 15 is 0 Å². The predicted octanol–water partition coefficient (Wildman–Crippen LogP) is 0.532. The average Bonchev–Trinajstić information content (AvgIpc) is 2.05. The monoisotopic (exact) mass is 173 g/mol. The third-order valence-corrected chi connectivity index (χ3v) is 2.63. The molecule has 0 unspecified atom stereocenters. The Kier molecular flexibility index (Phi) is 3.20. The second-order valence-corrected chi connectivity index (χ2v) is 3.59. The first-order valence-electron chi connectivity index (χ1n) is 3.80. The molecule has 0 saturated carbocycles. The fourth-order valence-corrected chi connectivity index (χ4v) is 1.58. The number of thioether (sulfide) groups is 1. The van der Waals surface area contributed by atoms with Crippen LogP contribution >= 0.6 is 11.8 Å². The summed E-state index contributed by atoms with van der Waals surface area (Å²) in [6.07, 6.45) is 1.96. The maximum atomic E-state index is 7.57. The quantitative estimate of drug-likeness (QED) is 0.428. The first-order valence-corrected chi connectivity index (χ1v) is 5.02. The Balaban J connectivity index is 2.33. The van der Waals surface area contributed by atoms with Crippen molar-refractivity contribution in [2.45, 2.75) is 0 Å². The zero-order valence-corrected chi connectivity index (χ0v) is 7.95. The first kappa shape index (κ1) is 8.87. The zero-order valence-electron chi connectivity index (χ0n) is 7.13. The van der Waals surface area contributed by atoms with Gasteiger partial charge in [-0.05, 0) is 13.3 Å². The van der Waals surface area contributed by atoms with Crippen LogP contribution in [0.4, 0.5) is 0 Å². The van der Waals surface area contributed by atoms with Gasteiger partial charge in [-0.3, -0.25) is 5.41 Å². The summed E-state index contributed by atoms with van der Waals surface area (Å²) in [4.78, 5) is 4.43. The summed E-state index contributed by atoms with van der Waals surface area (Å²) in [7, 11) is 2.13. The number of hydrogen-bond donors (Lipinski definition) is 1. The van der Waals surface area contributed by atoms with E-state index in [0.717, 1.165) is 26.2 Å². The second-order valence-electron chi connectivity index (χ2n) is 2.80. The molecule has 0 aliphatic carbocycles. The maximum Gasteiger partial charge on any atom is 0.156 e. The second kappa shape index (κ2) is 3.97. The third kappa shape index (κ3) is 2.38. The molecule has 1 saturated heterocycles. The van der Waals surface area contributed by atoms with Crippen molar-refractivity contribution < 1.29 is 0 Å². The minimum Gasteiger partial charge on any atom is -0.349 e. The lowest BCUT2D eigenvalue weighted by Crippen LogP contribution is -2.46. The molecule has 11 heavy (non-hydrogen) atoms. The van der Waals surface area contributed by atoms with E-state index in [-0.39, 0.29) is 0 Å². The van der Waals surface area contributed by atoms with E-state index < -0.39 is 0 Å². The van der Waals surface area contributed by atoms with Crippen LogP contribution in [-0.4, -0.2) is 54.4 Å². The molecule has 1 rings (SSSR count). The molecule has 0 aromatic rings. The minimum absolute atomic E-state index is 0.707. The summed E-state index contributed by atoms with van der Waals surface area (Å²) < 4.78 is 0. The van der Waals surface area contributed by atoms with Crippen molar-refractivity contribution in [3.8, 4) is 0 Å². The predicted molar refractivity (Wildman–Crippen MR) is 50.3 cm³/mol. The van der Waals surface area contributed by atoms with Gasteiger partial charge in [0.25, 0.3) is 0 Å². The molecule has 1 heterocycles. The van der Waals surface area contributed by atoms with Gasteiger partial charge in [-0.25, -0.2) is 0 Å². The highest BCUT2D eigenvalue weighted by Gasteiger charge is 2.14. The highest BCUT2D eigenvalue weighted by atomic mass is 32.2. The fourth-order valence-electron chi connectivity index (χ4n) is 1.14. The summed E-state index contributed by atoms with van der Waals surface area (Å²) in [6, 6.07) is 0. The van der Waals surface area contributed by atoms with Gasteiger partial charge in [0.05, 0.1) is 0 Å². The van der Waals surface area contributed by atoms with Crippen molar-refractivity contribution in [3.63, 3.8) is 0 Å². The molecular weight excluding hydrogens is 158 g/mol. The van der Waals surface area contributed by atoms with Crippen molar-refractivity contribution in [3.05, 3.63) is 0 Å². The molecule has 1 aliphatic heterocycles. The average molecular weight is 173 g/mol. The minimum atomic E-state index is 0.707. The molecule has 0 aromatic heterocycles. The molecule has 1 aliphatic rings. The van der Waals surface area contributed by atoms with Crippen molar-refractivity contribution >= 4 is 16.9 Å². The molecule has 0 amide bonds. The number of piperazine rings is 1. The summed E-state index contributed by atoms with van der Waals surface area (Å²) in [6.45, 7) is 4.19. The largest absolute Gasteiger partial charge is 0.349 e. The normalized spacial score (nSPS) is 20.4. The Morgan fingerprint density at radius 2 is 1.82 bits per heavy atom. The van der Waals surface area contributed by atoms with Crippen molar-refractivity contribution in [1.29, 1.82) is 5.41 Å². The van der Waals surface area contributed by atoms with E-state index in [4.69, 9.17) is 5.41 Å². The van der Waals surface area contributed by atoms with Crippen LogP contribution in [0.3, 0.4) is 0 Å². The van der Waals surface area contributed by atoms with Gasteiger partial charge in [-0.1, -0.05) is 11.8 Å². The zero-order chi connectivity index (χ0) is 8.27. The van der Waals surface area contributed by atoms with Crippen LogP contribution in [0.5, 0.6) is 0 Å².